The van der Waals surface area contributed by atoms with Crippen LogP contribution in [0, 0.1) is 6.92 Å². The Morgan fingerprint density at radius 3 is 2.51 bits per heavy atom. The first-order valence-corrected chi connectivity index (χ1v) is 14.5. The number of sulfone groups is 1. The highest BCUT2D eigenvalue weighted by atomic mass is 32.2. The fourth-order valence-corrected chi connectivity index (χ4v) is 7.22. The molecule has 39 heavy (non-hydrogen) atoms. The zero-order valence-electron chi connectivity index (χ0n) is 21.5. The molecule has 1 aromatic heterocycles. The fraction of sp³-hybridized carbons (Fsp3) is 0.267. The number of methoxy groups -OCH3 is 1. The van der Waals surface area contributed by atoms with Crippen LogP contribution in [0.15, 0.2) is 75.9 Å². The predicted octanol–water partition coefficient (Wildman–Crippen LogP) is 4.42. The van der Waals surface area contributed by atoms with Gasteiger partial charge >= 0.3 is 0 Å². The first-order chi connectivity index (χ1) is 18.8. The predicted molar refractivity (Wildman–Crippen MR) is 146 cm³/mol. The Hall–Kier alpha value is -4.11. The number of hydrogen-bond acceptors (Lipinski definition) is 7. The van der Waals surface area contributed by atoms with Crippen LogP contribution in [0.5, 0.6) is 11.5 Å². The van der Waals surface area contributed by atoms with Crippen molar-refractivity contribution in [3.63, 3.8) is 0 Å². The fourth-order valence-electron chi connectivity index (χ4n) is 5.51. The first kappa shape index (κ1) is 25.2. The number of aryl methyl sites for hydroxylation is 1. The summed E-state index contributed by atoms with van der Waals surface area (Å²) in [6.45, 7) is 2.21. The Morgan fingerprint density at radius 2 is 1.79 bits per heavy atom. The van der Waals surface area contributed by atoms with Gasteiger partial charge < -0.3 is 18.8 Å². The summed E-state index contributed by atoms with van der Waals surface area (Å²) in [6, 6.07) is 18.8. The molecule has 0 saturated carbocycles. The number of benzene rings is 3. The minimum Gasteiger partial charge on any atom is -0.493 e. The molecule has 200 valence electrons. The number of carbonyl (C=O) groups is 1. The van der Waals surface area contributed by atoms with E-state index in [4.69, 9.17) is 13.9 Å². The molecule has 2 aliphatic heterocycles. The van der Waals surface area contributed by atoms with Gasteiger partial charge in [0.05, 0.1) is 35.6 Å². The van der Waals surface area contributed by atoms with E-state index >= 15 is 0 Å². The summed E-state index contributed by atoms with van der Waals surface area (Å²) >= 11 is 0. The molecule has 0 bridgehead atoms. The molecule has 2 atom stereocenters. The highest BCUT2D eigenvalue weighted by Gasteiger charge is 2.48. The summed E-state index contributed by atoms with van der Waals surface area (Å²) in [5.41, 5.74) is 2.71. The number of ether oxygens (including phenoxy) is 2. The van der Waals surface area contributed by atoms with Gasteiger partial charge in [0.15, 0.2) is 26.8 Å². The summed E-state index contributed by atoms with van der Waals surface area (Å²) < 4.78 is 42.4. The lowest BCUT2D eigenvalue weighted by Crippen LogP contribution is -2.40. The Morgan fingerprint density at radius 1 is 1.00 bits per heavy atom. The van der Waals surface area contributed by atoms with E-state index in [0.29, 0.717) is 41.1 Å². The second kappa shape index (κ2) is 9.57. The molecular weight excluding hydrogens is 518 g/mol. The van der Waals surface area contributed by atoms with E-state index in [0.717, 1.165) is 11.1 Å². The van der Waals surface area contributed by atoms with E-state index < -0.39 is 27.8 Å². The van der Waals surface area contributed by atoms with Crippen LogP contribution in [-0.4, -0.2) is 43.9 Å². The Balaban J connectivity index is 1.47. The molecule has 4 aromatic rings. The molecule has 0 N–H and O–H groups in total. The summed E-state index contributed by atoms with van der Waals surface area (Å²) in [5, 5.41) is 0.377. The molecule has 1 amide bonds. The van der Waals surface area contributed by atoms with E-state index in [9.17, 15) is 18.0 Å². The first-order valence-electron chi connectivity index (χ1n) is 12.7. The molecule has 1 saturated heterocycles. The summed E-state index contributed by atoms with van der Waals surface area (Å²) in [4.78, 5) is 29.1. The third kappa shape index (κ3) is 4.46. The summed E-state index contributed by atoms with van der Waals surface area (Å²) in [5.74, 6) is 0.234. The lowest BCUT2D eigenvalue weighted by Gasteiger charge is -2.30. The second-order valence-corrected chi connectivity index (χ2v) is 12.3. The van der Waals surface area contributed by atoms with Crippen molar-refractivity contribution in [3.05, 3.63) is 105 Å². The monoisotopic (exact) mass is 545 g/mol. The molecule has 8 nitrogen and oxygen atoms in total. The molecule has 6 rings (SSSR count). The molecule has 3 aromatic carbocycles. The van der Waals surface area contributed by atoms with Gasteiger partial charge in [-0.1, -0.05) is 48.0 Å². The lowest BCUT2D eigenvalue weighted by atomic mass is 9.97. The number of fused-ring (bicyclic) bond motifs is 2. The van der Waals surface area contributed by atoms with Crippen molar-refractivity contribution in [2.75, 3.05) is 18.6 Å². The number of carbonyl (C=O) groups excluding carboxylic acids is 1. The topological polar surface area (TPSA) is 103 Å². The van der Waals surface area contributed by atoms with Gasteiger partial charge in [0.1, 0.15) is 12.2 Å². The van der Waals surface area contributed by atoms with Gasteiger partial charge in [-0.05, 0) is 48.7 Å². The SMILES string of the molecule is COc1cc(C2c3c(oc4ccc(C)cc4c3=O)C(=O)N2C2CCS(=O)(=O)C2)ccc1OCc1ccccc1. The maximum absolute atomic E-state index is 13.9. The van der Waals surface area contributed by atoms with Gasteiger partial charge in [-0.3, -0.25) is 9.59 Å². The zero-order valence-corrected chi connectivity index (χ0v) is 22.4. The maximum Gasteiger partial charge on any atom is 0.291 e. The van der Waals surface area contributed by atoms with Gasteiger partial charge in [-0.25, -0.2) is 8.42 Å². The van der Waals surface area contributed by atoms with Crippen LogP contribution >= 0.6 is 0 Å². The number of rotatable bonds is 6. The largest absolute Gasteiger partial charge is 0.493 e. The Bertz CT molecular complexity index is 1760. The Kier molecular flexibility index (Phi) is 6.18. The molecular formula is C30H27NO7S. The number of amides is 1. The van der Waals surface area contributed by atoms with Gasteiger partial charge in [0, 0.05) is 6.04 Å². The van der Waals surface area contributed by atoms with Crippen LogP contribution < -0.4 is 14.9 Å². The highest BCUT2D eigenvalue weighted by molar-refractivity contribution is 7.91. The number of hydrogen-bond donors (Lipinski definition) is 0. The van der Waals surface area contributed by atoms with Crippen molar-refractivity contribution >= 4 is 26.7 Å². The second-order valence-electron chi connectivity index (χ2n) is 10.0. The van der Waals surface area contributed by atoms with E-state index in [1.807, 2.05) is 43.3 Å². The van der Waals surface area contributed by atoms with E-state index in [2.05, 4.69) is 0 Å². The molecule has 9 heteroatoms. The molecule has 2 aliphatic rings. The summed E-state index contributed by atoms with van der Waals surface area (Å²) in [6.07, 6.45) is 0.292. The van der Waals surface area contributed by atoms with Crippen LogP contribution in [0.2, 0.25) is 0 Å². The number of nitrogens with zero attached hydrogens (tertiary/aromatic N) is 1. The Labute approximate surface area is 225 Å². The van der Waals surface area contributed by atoms with E-state index in [-0.39, 0.29) is 28.3 Å². The van der Waals surface area contributed by atoms with E-state index in [1.54, 1.807) is 30.3 Å². The molecule has 1 fully saturated rings. The average Bonchev–Trinajstić information content (AvgIpc) is 3.44. The average molecular weight is 546 g/mol. The lowest BCUT2D eigenvalue weighted by molar-refractivity contribution is 0.0662. The third-order valence-electron chi connectivity index (χ3n) is 7.40. The standard InChI is InChI=1S/C30H27NO7S/c1-18-8-10-23-22(14-18)28(32)26-27(31(30(33)29(26)38-23)21-12-13-39(34,35)17-21)20-9-11-24(25(15-20)36-2)37-16-19-6-4-3-5-7-19/h3-11,14-15,21,27H,12-13,16-17H2,1-2H3. The van der Waals surface area contributed by atoms with Crippen LogP contribution in [-0.2, 0) is 16.4 Å². The molecule has 2 unspecified atom stereocenters. The van der Waals surface area contributed by atoms with Crippen LogP contribution in [0.25, 0.3) is 11.0 Å². The van der Waals surface area contributed by atoms with Crippen molar-refractivity contribution in [1.82, 2.24) is 4.90 Å². The molecule has 0 aliphatic carbocycles. The van der Waals surface area contributed by atoms with E-state index in [1.165, 1.54) is 12.0 Å². The van der Waals surface area contributed by atoms with Gasteiger partial charge in [0.2, 0.25) is 5.76 Å². The van der Waals surface area contributed by atoms with Crippen molar-refractivity contribution < 1.29 is 27.1 Å². The van der Waals surface area contributed by atoms with Gasteiger partial charge in [0.25, 0.3) is 5.91 Å². The molecule has 0 radical (unpaired) electrons. The minimum absolute atomic E-state index is 0.0113. The maximum atomic E-state index is 13.9. The van der Waals surface area contributed by atoms with Crippen LogP contribution in [0.3, 0.4) is 0 Å². The quantitative estimate of drug-likeness (QED) is 0.353. The molecule has 0 spiro atoms. The van der Waals surface area contributed by atoms with Crippen molar-refractivity contribution in [3.8, 4) is 11.5 Å². The highest BCUT2D eigenvalue weighted by Crippen LogP contribution is 2.43. The van der Waals surface area contributed by atoms with Crippen LogP contribution in [0.1, 0.15) is 45.3 Å². The van der Waals surface area contributed by atoms with Gasteiger partial charge in [-0.2, -0.15) is 0 Å². The van der Waals surface area contributed by atoms with Crippen LogP contribution in [0.4, 0.5) is 0 Å². The van der Waals surface area contributed by atoms with Gasteiger partial charge in [-0.15, -0.1) is 0 Å². The molecule has 3 heterocycles. The zero-order chi connectivity index (χ0) is 27.3. The van der Waals surface area contributed by atoms with Crippen molar-refractivity contribution in [1.29, 1.82) is 0 Å². The minimum atomic E-state index is -3.30. The third-order valence-corrected chi connectivity index (χ3v) is 9.15. The normalized spacial score (nSPS) is 19.8. The summed E-state index contributed by atoms with van der Waals surface area (Å²) in [7, 11) is -1.78. The van der Waals surface area contributed by atoms with Crippen molar-refractivity contribution in [2.24, 2.45) is 0 Å². The van der Waals surface area contributed by atoms with Crippen molar-refractivity contribution in [2.45, 2.75) is 32.0 Å². The smallest absolute Gasteiger partial charge is 0.291 e.